The maximum Gasteiger partial charge on any atom is 0.253 e. The summed E-state index contributed by atoms with van der Waals surface area (Å²) in [6, 6.07) is 6.25. The van der Waals surface area contributed by atoms with Crippen molar-refractivity contribution in [2.45, 2.75) is 38.9 Å². The van der Waals surface area contributed by atoms with Gasteiger partial charge in [-0.25, -0.2) is 0 Å². The Morgan fingerprint density at radius 2 is 2.24 bits per heavy atom. The minimum absolute atomic E-state index is 0.108. The van der Waals surface area contributed by atoms with E-state index in [1.807, 2.05) is 24.8 Å². The lowest BCUT2D eigenvalue weighted by molar-refractivity contribution is -0.128. The standard InChI is InChI=1S/C19H28N2O3S/c1-14-12-16(21-7-10-25-11-8-21)5-6-18(14)20-19(22)15(2)24-13-17-4-3-9-23-17/h5-6,12,15,17H,3-4,7-11,13H2,1-2H3,(H,20,22)/t15-,17+/m1/s1. The second kappa shape index (κ2) is 8.92. The van der Waals surface area contributed by atoms with Gasteiger partial charge in [0.05, 0.1) is 12.7 Å². The van der Waals surface area contributed by atoms with Crippen LogP contribution in [0.5, 0.6) is 0 Å². The van der Waals surface area contributed by atoms with Gasteiger partial charge in [0.1, 0.15) is 6.10 Å². The predicted octanol–water partition coefficient (Wildman–Crippen LogP) is 3.07. The summed E-state index contributed by atoms with van der Waals surface area (Å²) in [5, 5.41) is 2.99. The normalized spacial score (nSPS) is 22.0. The molecule has 5 nitrogen and oxygen atoms in total. The van der Waals surface area contributed by atoms with Crippen LogP contribution < -0.4 is 10.2 Å². The highest BCUT2D eigenvalue weighted by Gasteiger charge is 2.20. The number of nitrogens with zero attached hydrogens (tertiary/aromatic N) is 1. The van der Waals surface area contributed by atoms with Crippen molar-refractivity contribution in [3.05, 3.63) is 23.8 Å². The van der Waals surface area contributed by atoms with Crippen LogP contribution in [0, 0.1) is 6.92 Å². The topological polar surface area (TPSA) is 50.8 Å². The predicted molar refractivity (Wildman–Crippen MR) is 104 cm³/mol. The number of ether oxygens (including phenoxy) is 2. The summed E-state index contributed by atoms with van der Waals surface area (Å²) in [4.78, 5) is 14.8. The Labute approximate surface area is 154 Å². The van der Waals surface area contributed by atoms with Crippen molar-refractivity contribution in [3.63, 3.8) is 0 Å². The SMILES string of the molecule is Cc1cc(N2CCSCC2)ccc1NC(=O)[C@@H](C)OC[C@@H]1CCCO1. The summed E-state index contributed by atoms with van der Waals surface area (Å²) in [7, 11) is 0. The van der Waals surface area contributed by atoms with Crippen molar-refractivity contribution >= 4 is 29.0 Å². The Bertz CT molecular complexity index is 584. The smallest absolute Gasteiger partial charge is 0.253 e. The number of anilines is 2. The monoisotopic (exact) mass is 364 g/mol. The van der Waals surface area contributed by atoms with Gasteiger partial charge in [0.25, 0.3) is 5.91 Å². The van der Waals surface area contributed by atoms with Crippen molar-refractivity contribution < 1.29 is 14.3 Å². The third kappa shape index (κ3) is 5.12. The van der Waals surface area contributed by atoms with E-state index >= 15 is 0 Å². The highest BCUT2D eigenvalue weighted by molar-refractivity contribution is 7.99. The first-order chi connectivity index (χ1) is 12.1. The molecule has 1 aromatic carbocycles. The average Bonchev–Trinajstić information content (AvgIpc) is 3.15. The van der Waals surface area contributed by atoms with Gasteiger partial charge in [0.2, 0.25) is 0 Å². The number of carbonyl (C=O) groups is 1. The molecule has 2 aliphatic rings. The third-order valence-electron chi connectivity index (χ3n) is 4.77. The molecule has 0 unspecified atom stereocenters. The van der Waals surface area contributed by atoms with Gasteiger partial charge in [0, 0.05) is 42.6 Å². The van der Waals surface area contributed by atoms with Crippen molar-refractivity contribution in [2.75, 3.05) is 48.0 Å². The van der Waals surface area contributed by atoms with Crippen LogP contribution in [0.1, 0.15) is 25.3 Å². The number of hydrogen-bond donors (Lipinski definition) is 1. The molecule has 25 heavy (non-hydrogen) atoms. The molecule has 138 valence electrons. The third-order valence-corrected chi connectivity index (χ3v) is 5.71. The van der Waals surface area contributed by atoms with Gasteiger partial charge in [-0.1, -0.05) is 0 Å². The molecular formula is C19H28N2O3S. The fourth-order valence-corrected chi connectivity index (χ4v) is 4.05. The fourth-order valence-electron chi connectivity index (χ4n) is 3.14. The highest BCUT2D eigenvalue weighted by atomic mass is 32.2. The average molecular weight is 365 g/mol. The van der Waals surface area contributed by atoms with Crippen LogP contribution in [0.25, 0.3) is 0 Å². The quantitative estimate of drug-likeness (QED) is 0.841. The molecule has 2 heterocycles. The van der Waals surface area contributed by atoms with Gasteiger partial charge in [-0.15, -0.1) is 0 Å². The minimum Gasteiger partial charge on any atom is -0.376 e. The lowest BCUT2D eigenvalue weighted by Crippen LogP contribution is -2.32. The van der Waals surface area contributed by atoms with Crippen molar-refractivity contribution in [3.8, 4) is 0 Å². The van der Waals surface area contributed by atoms with Crippen LogP contribution in [0.15, 0.2) is 18.2 Å². The van der Waals surface area contributed by atoms with E-state index in [1.54, 1.807) is 6.92 Å². The van der Waals surface area contributed by atoms with Crippen molar-refractivity contribution in [1.82, 2.24) is 0 Å². The van der Waals surface area contributed by atoms with Gasteiger partial charge in [-0.3, -0.25) is 4.79 Å². The van der Waals surface area contributed by atoms with E-state index in [2.05, 4.69) is 22.3 Å². The van der Waals surface area contributed by atoms with Gasteiger partial charge in [-0.2, -0.15) is 11.8 Å². The lowest BCUT2D eigenvalue weighted by atomic mass is 10.1. The number of rotatable bonds is 6. The molecule has 6 heteroatoms. The fraction of sp³-hybridized carbons (Fsp3) is 0.632. The lowest BCUT2D eigenvalue weighted by Gasteiger charge is -2.29. The molecule has 1 aromatic rings. The first-order valence-electron chi connectivity index (χ1n) is 9.11. The molecule has 0 spiro atoms. The van der Waals surface area contributed by atoms with E-state index in [0.717, 1.165) is 43.8 Å². The van der Waals surface area contributed by atoms with Crippen LogP contribution in [-0.4, -0.2) is 55.9 Å². The van der Waals surface area contributed by atoms with E-state index in [-0.39, 0.29) is 12.0 Å². The Morgan fingerprint density at radius 1 is 1.44 bits per heavy atom. The molecule has 0 aliphatic carbocycles. The molecule has 2 aliphatic heterocycles. The summed E-state index contributed by atoms with van der Waals surface area (Å²) in [6.07, 6.45) is 1.75. The van der Waals surface area contributed by atoms with Gasteiger partial charge >= 0.3 is 0 Å². The Hall–Kier alpha value is -1.24. The van der Waals surface area contributed by atoms with Gasteiger partial charge in [0.15, 0.2) is 0 Å². The van der Waals surface area contributed by atoms with E-state index in [4.69, 9.17) is 9.47 Å². The number of aryl methyl sites for hydroxylation is 1. The summed E-state index contributed by atoms with van der Waals surface area (Å²) in [5.74, 6) is 2.25. The second-order valence-corrected chi connectivity index (χ2v) is 7.92. The summed E-state index contributed by atoms with van der Waals surface area (Å²) < 4.78 is 11.2. The first-order valence-corrected chi connectivity index (χ1v) is 10.3. The Kier molecular flexibility index (Phi) is 6.62. The molecule has 0 radical (unpaired) electrons. The van der Waals surface area contributed by atoms with Crippen LogP contribution in [0.4, 0.5) is 11.4 Å². The zero-order chi connectivity index (χ0) is 17.6. The molecule has 1 amide bonds. The molecule has 0 aromatic heterocycles. The maximum absolute atomic E-state index is 12.4. The number of nitrogens with one attached hydrogen (secondary N) is 1. The zero-order valence-corrected chi connectivity index (χ0v) is 15.9. The van der Waals surface area contributed by atoms with Crippen LogP contribution in [0.3, 0.4) is 0 Å². The molecule has 2 atom stereocenters. The minimum atomic E-state index is -0.484. The number of benzene rings is 1. The second-order valence-electron chi connectivity index (χ2n) is 6.70. The Balaban J connectivity index is 1.53. The number of thioether (sulfide) groups is 1. The van der Waals surface area contributed by atoms with Crippen molar-refractivity contribution in [2.24, 2.45) is 0 Å². The Morgan fingerprint density at radius 3 is 2.92 bits per heavy atom. The van der Waals surface area contributed by atoms with Gasteiger partial charge < -0.3 is 19.7 Å². The van der Waals surface area contributed by atoms with E-state index < -0.39 is 6.10 Å². The summed E-state index contributed by atoms with van der Waals surface area (Å²) in [6.45, 7) is 7.29. The first kappa shape index (κ1) is 18.5. The molecule has 2 saturated heterocycles. The molecule has 1 N–H and O–H groups in total. The van der Waals surface area contributed by atoms with Gasteiger partial charge in [-0.05, 0) is 50.5 Å². The summed E-state index contributed by atoms with van der Waals surface area (Å²) in [5.41, 5.74) is 3.17. The van der Waals surface area contributed by atoms with Crippen molar-refractivity contribution in [1.29, 1.82) is 0 Å². The number of amides is 1. The highest BCUT2D eigenvalue weighted by Crippen LogP contribution is 2.25. The van der Waals surface area contributed by atoms with E-state index in [9.17, 15) is 4.79 Å². The molecular weight excluding hydrogens is 336 g/mol. The molecule has 2 fully saturated rings. The van der Waals surface area contributed by atoms with Crippen LogP contribution in [0.2, 0.25) is 0 Å². The summed E-state index contributed by atoms with van der Waals surface area (Å²) >= 11 is 2.00. The maximum atomic E-state index is 12.4. The van der Waals surface area contributed by atoms with Crippen LogP contribution in [-0.2, 0) is 14.3 Å². The number of hydrogen-bond acceptors (Lipinski definition) is 5. The molecule has 0 saturated carbocycles. The van der Waals surface area contributed by atoms with E-state index in [1.165, 1.54) is 17.2 Å². The van der Waals surface area contributed by atoms with E-state index in [0.29, 0.717) is 6.61 Å². The van der Waals surface area contributed by atoms with Crippen LogP contribution >= 0.6 is 11.8 Å². The molecule has 0 bridgehead atoms. The largest absolute Gasteiger partial charge is 0.376 e. The zero-order valence-electron chi connectivity index (χ0n) is 15.1. The molecule has 3 rings (SSSR count). The number of carbonyl (C=O) groups excluding carboxylic acids is 1.